The summed E-state index contributed by atoms with van der Waals surface area (Å²) in [6.07, 6.45) is 4.93. The molecule has 1 saturated heterocycles. The second-order valence-corrected chi connectivity index (χ2v) is 7.62. The number of nitrogens with zero attached hydrogens (tertiary/aromatic N) is 4. The van der Waals surface area contributed by atoms with E-state index in [1.54, 1.807) is 18.5 Å². The number of amides is 1. The summed E-state index contributed by atoms with van der Waals surface area (Å²) in [5, 5.41) is 8.25. The van der Waals surface area contributed by atoms with E-state index in [2.05, 4.69) is 25.6 Å². The Balaban J connectivity index is 1.34. The first-order chi connectivity index (χ1) is 14.6. The third-order valence-electron chi connectivity index (χ3n) is 4.77. The SMILES string of the molecule is CNC(=O)c1ccc(N2CCC(Oc3ccnc(Nc4nccs4)c3)CC2)c(F)n1. The molecule has 0 saturated carbocycles. The number of halogens is 1. The van der Waals surface area contributed by atoms with E-state index in [4.69, 9.17) is 4.74 Å². The Morgan fingerprint density at radius 2 is 2.07 bits per heavy atom. The molecule has 1 aliphatic heterocycles. The highest BCUT2D eigenvalue weighted by Crippen LogP contribution is 2.26. The van der Waals surface area contributed by atoms with Crippen LogP contribution >= 0.6 is 11.3 Å². The Morgan fingerprint density at radius 1 is 1.23 bits per heavy atom. The molecule has 2 N–H and O–H groups in total. The predicted octanol–water partition coefficient (Wildman–Crippen LogP) is 3.22. The Kier molecular flexibility index (Phi) is 6.03. The summed E-state index contributed by atoms with van der Waals surface area (Å²) in [5.41, 5.74) is 0.469. The summed E-state index contributed by atoms with van der Waals surface area (Å²) in [6.45, 7) is 1.27. The molecule has 30 heavy (non-hydrogen) atoms. The van der Waals surface area contributed by atoms with Crippen LogP contribution in [0.4, 0.5) is 21.0 Å². The van der Waals surface area contributed by atoms with Gasteiger partial charge in [0.25, 0.3) is 5.91 Å². The van der Waals surface area contributed by atoms with E-state index in [0.717, 1.165) is 23.7 Å². The number of anilines is 3. The lowest BCUT2D eigenvalue weighted by atomic mass is 10.1. The van der Waals surface area contributed by atoms with E-state index >= 15 is 0 Å². The van der Waals surface area contributed by atoms with E-state index < -0.39 is 11.9 Å². The molecular weight excluding hydrogens is 407 g/mol. The lowest BCUT2D eigenvalue weighted by Gasteiger charge is -2.33. The van der Waals surface area contributed by atoms with Gasteiger partial charge in [0.05, 0.1) is 5.69 Å². The Labute approximate surface area is 177 Å². The largest absolute Gasteiger partial charge is 0.490 e. The van der Waals surface area contributed by atoms with Gasteiger partial charge in [-0.15, -0.1) is 11.3 Å². The molecule has 8 nitrogen and oxygen atoms in total. The highest BCUT2D eigenvalue weighted by molar-refractivity contribution is 7.13. The fourth-order valence-corrected chi connectivity index (χ4v) is 3.81. The number of nitrogens with one attached hydrogen (secondary N) is 2. The maximum atomic E-state index is 14.4. The fraction of sp³-hybridized carbons (Fsp3) is 0.300. The molecule has 0 aliphatic carbocycles. The van der Waals surface area contributed by atoms with Crippen LogP contribution in [0.2, 0.25) is 0 Å². The van der Waals surface area contributed by atoms with Crippen molar-refractivity contribution in [1.29, 1.82) is 0 Å². The van der Waals surface area contributed by atoms with Gasteiger partial charge in [0.2, 0.25) is 5.95 Å². The van der Waals surface area contributed by atoms with E-state index in [1.807, 2.05) is 22.4 Å². The van der Waals surface area contributed by atoms with Crippen molar-refractivity contribution in [2.75, 3.05) is 30.4 Å². The molecule has 0 unspecified atom stereocenters. The number of aromatic nitrogens is 3. The highest BCUT2D eigenvalue weighted by Gasteiger charge is 2.24. The van der Waals surface area contributed by atoms with Gasteiger partial charge in [-0.3, -0.25) is 4.79 Å². The summed E-state index contributed by atoms with van der Waals surface area (Å²) < 4.78 is 20.5. The number of pyridine rings is 2. The second kappa shape index (κ2) is 9.04. The van der Waals surface area contributed by atoms with Crippen LogP contribution in [0.25, 0.3) is 0 Å². The van der Waals surface area contributed by atoms with Crippen molar-refractivity contribution in [2.24, 2.45) is 0 Å². The molecule has 156 valence electrons. The topological polar surface area (TPSA) is 92.3 Å². The fourth-order valence-electron chi connectivity index (χ4n) is 3.27. The van der Waals surface area contributed by atoms with Crippen LogP contribution < -0.4 is 20.3 Å². The van der Waals surface area contributed by atoms with Crippen molar-refractivity contribution < 1.29 is 13.9 Å². The molecule has 1 amide bonds. The number of piperidine rings is 1. The van der Waals surface area contributed by atoms with Crippen molar-refractivity contribution in [1.82, 2.24) is 20.3 Å². The van der Waals surface area contributed by atoms with Gasteiger partial charge in [0.15, 0.2) is 5.13 Å². The summed E-state index contributed by atoms with van der Waals surface area (Å²) in [6, 6.07) is 6.80. The van der Waals surface area contributed by atoms with Gasteiger partial charge < -0.3 is 20.3 Å². The monoisotopic (exact) mass is 428 g/mol. The Bertz CT molecular complexity index is 1010. The van der Waals surface area contributed by atoms with Crippen molar-refractivity contribution in [3.63, 3.8) is 0 Å². The van der Waals surface area contributed by atoms with Crippen LogP contribution in [-0.4, -0.2) is 47.1 Å². The maximum Gasteiger partial charge on any atom is 0.269 e. The van der Waals surface area contributed by atoms with Crippen molar-refractivity contribution in [3.8, 4) is 5.75 Å². The summed E-state index contributed by atoms with van der Waals surface area (Å²) in [7, 11) is 1.49. The van der Waals surface area contributed by atoms with Crippen LogP contribution in [0.15, 0.2) is 42.0 Å². The van der Waals surface area contributed by atoms with Gasteiger partial charge in [-0.2, -0.15) is 4.39 Å². The minimum absolute atomic E-state index is 0.0255. The molecule has 0 bridgehead atoms. The number of carbonyl (C=O) groups excluding carboxylic acids is 1. The molecule has 0 radical (unpaired) electrons. The molecule has 4 rings (SSSR count). The Morgan fingerprint density at radius 3 is 2.77 bits per heavy atom. The van der Waals surface area contributed by atoms with Crippen LogP contribution in [0, 0.1) is 5.95 Å². The lowest BCUT2D eigenvalue weighted by Crippen LogP contribution is -2.39. The predicted molar refractivity (Wildman–Crippen MR) is 113 cm³/mol. The van der Waals surface area contributed by atoms with Crippen LogP contribution in [0.5, 0.6) is 5.75 Å². The Hall–Kier alpha value is -3.27. The average Bonchev–Trinajstić information content (AvgIpc) is 3.27. The number of hydrogen-bond acceptors (Lipinski definition) is 8. The third kappa shape index (κ3) is 4.65. The number of carbonyl (C=O) groups is 1. The molecular formula is C20H21FN6O2S. The van der Waals surface area contributed by atoms with E-state index in [-0.39, 0.29) is 11.8 Å². The molecule has 0 aromatic carbocycles. The van der Waals surface area contributed by atoms with Crippen molar-refractivity contribution in [2.45, 2.75) is 18.9 Å². The van der Waals surface area contributed by atoms with Gasteiger partial charge in [0.1, 0.15) is 23.4 Å². The third-order valence-corrected chi connectivity index (χ3v) is 5.46. The molecule has 0 spiro atoms. The number of rotatable bonds is 6. The minimum atomic E-state index is -0.637. The van der Waals surface area contributed by atoms with Gasteiger partial charge in [-0.1, -0.05) is 0 Å². The molecule has 0 atom stereocenters. The molecule has 10 heteroatoms. The summed E-state index contributed by atoms with van der Waals surface area (Å²) >= 11 is 1.50. The van der Waals surface area contributed by atoms with Gasteiger partial charge >= 0.3 is 0 Å². The number of hydrogen-bond donors (Lipinski definition) is 2. The molecule has 3 aromatic rings. The lowest BCUT2D eigenvalue weighted by molar-refractivity contribution is 0.0957. The molecule has 1 fully saturated rings. The quantitative estimate of drug-likeness (QED) is 0.583. The zero-order valence-electron chi connectivity index (χ0n) is 16.3. The van der Waals surface area contributed by atoms with Gasteiger partial charge in [0, 0.05) is 56.8 Å². The summed E-state index contributed by atoms with van der Waals surface area (Å²) in [4.78, 5) is 25.8. The highest BCUT2D eigenvalue weighted by atomic mass is 32.1. The molecule has 1 aliphatic rings. The molecule has 4 heterocycles. The van der Waals surface area contributed by atoms with Crippen LogP contribution in [0.1, 0.15) is 23.3 Å². The van der Waals surface area contributed by atoms with Gasteiger partial charge in [-0.25, -0.2) is 15.0 Å². The zero-order valence-corrected chi connectivity index (χ0v) is 17.2. The first-order valence-corrected chi connectivity index (χ1v) is 10.4. The van der Waals surface area contributed by atoms with Crippen molar-refractivity contribution in [3.05, 3.63) is 53.7 Å². The van der Waals surface area contributed by atoms with Crippen LogP contribution in [0.3, 0.4) is 0 Å². The normalized spacial score (nSPS) is 14.4. The van der Waals surface area contributed by atoms with Crippen LogP contribution in [-0.2, 0) is 0 Å². The maximum absolute atomic E-state index is 14.4. The summed E-state index contributed by atoms with van der Waals surface area (Å²) in [5.74, 6) is 0.352. The minimum Gasteiger partial charge on any atom is -0.490 e. The number of thiazole rings is 1. The van der Waals surface area contributed by atoms with E-state index in [9.17, 15) is 9.18 Å². The standard InChI is InChI=1S/C20H21FN6O2S/c1-22-19(28)15-2-3-16(18(21)25-15)27-9-5-13(6-10-27)29-14-4-7-23-17(12-14)26-20-24-8-11-30-20/h2-4,7-8,11-13H,5-6,9-10H2,1H3,(H,22,28)(H,23,24,26). The first-order valence-electron chi connectivity index (χ1n) is 9.55. The first kappa shape index (κ1) is 20.0. The average molecular weight is 428 g/mol. The molecule has 3 aromatic heterocycles. The number of ether oxygens (including phenoxy) is 1. The van der Waals surface area contributed by atoms with Gasteiger partial charge in [-0.05, 0) is 18.2 Å². The smallest absolute Gasteiger partial charge is 0.269 e. The zero-order chi connectivity index (χ0) is 20.9. The van der Waals surface area contributed by atoms with E-state index in [0.29, 0.717) is 24.6 Å². The van der Waals surface area contributed by atoms with E-state index in [1.165, 1.54) is 24.5 Å². The second-order valence-electron chi connectivity index (χ2n) is 6.73. The van der Waals surface area contributed by atoms with Crippen molar-refractivity contribution >= 4 is 33.9 Å².